The van der Waals surface area contributed by atoms with Gasteiger partial charge in [-0.25, -0.2) is 13.1 Å². The molecule has 2 aromatic rings. The number of sulfonamides is 1. The van der Waals surface area contributed by atoms with E-state index >= 15 is 0 Å². The van der Waals surface area contributed by atoms with E-state index in [1.54, 1.807) is 29.3 Å². The lowest BCUT2D eigenvalue weighted by Crippen LogP contribution is -2.36. The van der Waals surface area contributed by atoms with Crippen LogP contribution >= 0.6 is 0 Å². The number of nitrogens with one attached hydrogen (secondary N) is 1. The van der Waals surface area contributed by atoms with Gasteiger partial charge in [-0.15, -0.1) is 0 Å². The van der Waals surface area contributed by atoms with Crippen molar-refractivity contribution < 1.29 is 8.42 Å². The first kappa shape index (κ1) is 13.8. The summed E-state index contributed by atoms with van der Waals surface area (Å²) in [5, 5.41) is 9.61. The molecule has 3 rings (SSSR count). The van der Waals surface area contributed by atoms with Gasteiger partial charge in [-0.05, 0) is 18.6 Å². The highest BCUT2D eigenvalue weighted by molar-refractivity contribution is 7.89. The Labute approximate surface area is 123 Å². The third-order valence-corrected chi connectivity index (χ3v) is 5.09. The smallest absolute Gasteiger partial charge is 0.243 e. The van der Waals surface area contributed by atoms with Crippen LogP contribution in [0.25, 0.3) is 10.9 Å². The summed E-state index contributed by atoms with van der Waals surface area (Å²) in [4.78, 5) is 5.90. The Morgan fingerprint density at radius 2 is 2.14 bits per heavy atom. The zero-order valence-electron chi connectivity index (χ0n) is 11.2. The predicted molar refractivity (Wildman–Crippen MR) is 77.7 cm³/mol. The maximum atomic E-state index is 12.5. The number of aromatic nitrogens is 1. The first-order valence-electron chi connectivity index (χ1n) is 6.61. The lowest BCUT2D eigenvalue weighted by molar-refractivity contribution is 0.470. The fraction of sp³-hybridized carbons (Fsp3) is 0.286. The summed E-state index contributed by atoms with van der Waals surface area (Å²) in [5.41, 5.74) is 0.461. The number of hydrogen-bond donors (Lipinski definition) is 1. The quantitative estimate of drug-likeness (QED) is 0.857. The molecule has 1 aromatic heterocycles. The molecule has 0 amide bonds. The Kier molecular flexibility index (Phi) is 3.49. The molecule has 1 N–H and O–H groups in total. The molecule has 108 valence electrons. The zero-order chi connectivity index (χ0) is 14.9. The molecule has 1 saturated heterocycles. The first-order chi connectivity index (χ1) is 10.1. The van der Waals surface area contributed by atoms with Gasteiger partial charge in [0.2, 0.25) is 10.0 Å². The largest absolute Gasteiger partial charge is 0.309 e. The molecule has 0 radical (unpaired) electrons. The molecule has 7 heteroatoms. The Morgan fingerprint density at radius 1 is 1.33 bits per heavy atom. The molecule has 1 aromatic carbocycles. The molecule has 6 nitrogen and oxygen atoms in total. The lowest BCUT2D eigenvalue weighted by atomic mass is 10.2. The van der Waals surface area contributed by atoms with Gasteiger partial charge >= 0.3 is 0 Å². The number of para-hydroxylation sites is 1. The van der Waals surface area contributed by atoms with E-state index in [9.17, 15) is 8.42 Å². The average Bonchev–Trinajstić information content (AvgIpc) is 2.93. The van der Waals surface area contributed by atoms with Crippen LogP contribution in [-0.2, 0) is 10.0 Å². The van der Waals surface area contributed by atoms with Crippen LogP contribution in [0, 0.1) is 11.5 Å². The fourth-order valence-electron chi connectivity index (χ4n) is 2.52. The summed E-state index contributed by atoms with van der Waals surface area (Å²) < 4.78 is 27.8. The van der Waals surface area contributed by atoms with E-state index in [-0.39, 0.29) is 10.9 Å². The Bertz CT molecular complexity index is 808. The van der Waals surface area contributed by atoms with Crippen molar-refractivity contribution in [3.63, 3.8) is 0 Å². The SMILES string of the molecule is N#CN1CCC(NS(=O)(=O)c2cccc3cccnc23)C1. The minimum absolute atomic E-state index is 0.177. The second kappa shape index (κ2) is 5.31. The number of hydrogen-bond acceptors (Lipinski definition) is 5. The summed E-state index contributed by atoms with van der Waals surface area (Å²) in [6, 6.07) is 8.44. The van der Waals surface area contributed by atoms with E-state index in [0.717, 1.165) is 5.39 Å². The summed E-state index contributed by atoms with van der Waals surface area (Å²) in [6.07, 6.45) is 4.24. The summed E-state index contributed by atoms with van der Waals surface area (Å²) in [7, 11) is -3.65. The first-order valence-corrected chi connectivity index (χ1v) is 8.09. The Morgan fingerprint density at radius 3 is 2.90 bits per heavy atom. The van der Waals surface area contributed by atoms with E-state index in [4.69, 9.17) is 5.26 Å². The monoisotopic (exact) mass is 302 g/mol. The van der Waals surface area contributed by atoms with Crippen molar-refractivity contribution in [2.24, 2.45) is 0 Å². The van der Waals surface area contributed by atoms with Crippen LogP contribution in [0.4, 0.5) is 0 Å². The van der Waals surface area contributed by atoms with Crippen LogP contribution in [0.2, 0.25) is 0 Å². The number of pyridine rings is 1. The van der Waals surface area contributed by atoms with Gasteiger partial charge in [-0.2, -0.15) is 5.26 Å². The highest BCUT2D eigenvalue weighted by atomic mass is 32.2. The molecule has 0 aliphatic carbocycles. The zero-order valence-corrected chi connectivity index (χ0v) is 12.0. The fourth-order valence-corrected chi connectivity index (χ4v) is 3.96. The molecule has 1 aliphatic heterocycles. The number of nitrogens with zero attached hydrogens (tertiary/aromatic N) is 3. The maximum Gasteiger partial charge on any atom is 0.243 e. The van der Waals surface area contributed by atoms with Gasteiger partial charge in [0, 0.05) is 30.7 Å². The van der Waals surface area contributed by atoms with E-state index in [1.807, 2.05) is 18.3 Å². The van der Waals surface area contributed by atoms with E-state index in [0.29, 0.717) is 25.0 Å². The summed E-state index contributed by atoms with van der Waals surface area (Å²) >= 11 is 0. The molecule has 0 spiro atoms. The van der Waals surface area contributed by atoms with Crippen LogP contribution in [0.15, 0.2) is 41.4 Å². The second-order valence-electron chi connectivity index (χ2n) is 4.98. The lowest BCUT2D eigenvalue weighted by Gasteiger charge is -2.13. The number of likely N-dealkylation sites (tertiary alicyclic amines) is 1. The van der Waals surface area contributed by atoms with Crippen LogP contribution in [0.1, 0.15) is 6.42 Å². The van der Waals surface area contributed by atoms with Crippen molar-refractivity contribution in [1.82, 2.24) is 14.6 Å². The van der Waals surface area contributed by atoms with Crippen molar-refractivity contribution in [1.29, 1.82) is 5.26 Å². The van der Waals surface area contributed by atoms with Crippen LogP contribution in [0.3, 0.4) is 0 Å². The van der Waals surface area contributed by atoms with Gasteiger partial charge < -0.3 is 4.90 Å². The Balaban J connectivity index is 1.93. The highest BCUT2D eigenvalue weighted by Gasteiger charge is 2.27. The van der Waals surface area contributed by atoms with Crippen LogP contribution in [-0.4, -0.2) is 37.4 Å². The number of nitriles is 1. The maximum absolute atomic E-state index is 12.5. The van der Waals surface area contributed by atoms with Gasteiger partial charge in [0.05, 0.1) is 5.52 Å². The van der Waals surface area contributed by atoms with E-state index in [2.05, 4.69) is 9.71 Å². The third-order valence-electron chi connectivity index (χ3n) is 3.54. The van der Waals surface area contributed by atoms with Crippen molar-refractivity contribution in [2.75, 3.05) is 13.1 Å². The van der Waals surface area contributed by atoms with Gasteiger partial charge in [0.25, 0.3) is 0 Å². The van der Waals surface area contributed by atoms with Crippen LogP contribution < -0.4 is 4.72 Å². The minimum Gasteiger partial charge on any atom is -0.309 e. The molecule has 0 bridgehead atoms. The van der Waals surface area contributed by atoms with Gasteiger partial charge in [-0.1, -0.05) is 18.2 Å². The highest BCUT2D eigenvalue weighted by Crippen LogP contribution is 2.21. The van der Waals surface area contributed by atoms with Gasteiger partial charge in [0.1, 0.15) is 4.90 Å². The van der Waals surface area contributed by atoms with Gasteiger partial charge in [0.15, 0.2) is 6.19 Å². The van der Waals surface area contributed by atoms with Gasteiger partial charge in [-0.3, -0.25) is 4.98 Å². The Hall–Kier alpha value is -2.17. The molecular weight excluding hydrogens is 288 g/mol. The predicted octanol–water partition coefficient (Wildman–Crippen LogP) is 1.07. The number of fused-ring (bicyclic) bond motifs is 1. The molecular formula is C14H14N4O2S. The topological polar surface area (TPSA) is 86.1 Å². The standard InChI is InChI=1S/C14H14N4O2S/c15-10-18-8-6-12(9-18)17-21(19,20)13-5-1-3-11-4-2-7-16-14(11)13/h1-5,7,12,17H,6,8-9H2. The molecule has 1 unspecified atom stereocenters. The summed E-state index contributed by atoms with van der Waals surface area (Å²) in [6.45, 7) is 0.991. The molecule has 2 heterocycles. The van der Waals surface area contributed by atoms with Crippen LogP contribution in [0.5, 0.6) is 0 Å². The van der Waals surface area contributed by atoms with Crippen molar-refractivity contribution in [3.05, 3.63) is 36.5 Å². The van der Waals surface area contributed by atoms with Crippen molar-refractivity contribution in [2.45, 2.75) is 17.4 Å². The molecule has 0 saturated carbocycles. The summed E-state index contributed by atoms with van der Waals surface area (Å²) in [5.74, 6) is 0. The second-order valence-corrected chi connectivity index (χ2v) is 6.67. The molecule has 1 fully saturated rings. The number of benzene rings is 1. The van der Waals surface area contributed by atoms with Crippen molar-refractivity contribution >= 4 is 20.9 Å². The van der Waals surface area contributed by atoms with E-state index < -0.39 is 10.0 Å². The normalized spacial score (nSPS) is 18.8. The molecule has 1 aliphatic rings. The minimum atomic E-state index is -3.65. The molecule has 1 atom stereocenters. The molecule has 21 heavy (non-hydrogen) atoms. The average molecular weight is 302 g/mol. The third kappa shape index (κ3) is 2.68. The number of rotatable bonds is 3. The van der Waals surface area contributed by atoms with E-state index in [1.165, 1.54) is 0 Å². The van der Waals surface area contributed by atoms with Crippen molar-refractivity contribution in [3.8, 4) is 6.19 Å².